The summed E-state index contributed by atoms with van der Waals surface area (Å²) < 4.78 is 42.9. The SMILES string of the molecule is CCN(c1cccc(C(=O)OC)c1C)S(=O)(=O)c1ccc(OC)c(OC)c1. The minimum absolute atomic E-state index is 0.0601. The van der Waals surface area contributed by atoms with Crippen LogP contribution in [0.25, 0.3) is 0 Å². The minimum Gasteiger partial charge on any atom is -0.493 e. The van der Waals surface area contributed by atoms with Crippen LogP contribution in [0.1, 0.15) is 22.8 Å². The molecule has 7 nitrogen and oxygen atoms in total. The molecule has 0 saturated heterocycles. The molecule has 2 rings (SSSR count). The fourth-order valence-electron chi connectivity index (χ4n) is 2.80. The molecule has 0 aliphatic heterocycles. The molecule has 0 aliphatic carbocycles. The van der Waals surface area contributed by atoms with Gasteiger partial charge in [0.05, 0.1) is 37.5 Å². The van der Waals surface area contributed by atoms with Gasteiger partial charge in [0.25, 0.3) is 10.0 Å². The van der Waals surface area contributed by atoms with E-state index in [0.29, 0.717) is 28.3 Å². The highest BCUT2D eigenvalue weighted by Gasteiger charge is 2.27. The number of anilines is 1. The van der Waals surface area contributed by atoms with E-state index in [1.807, 2.05) is 0 Å². The first kappa shape index (κ1) is 20.6. The lowest BCUT2D eigenvalue weighted by Gasteiger charge is -2.25. The van der Waals surface area contributed by atoms with Crippen LogP contribution in [0.3, 0.4) is 0 Å². The van der Waals surface area contributed by atoms with Crippen LogP contribution in [-0.4, -0.2) is 42.3 Å². The summed E-state index contributed by atoms with van der Waals surface area (Å²) in [6.07, 6.45) is 0. The summed E-state index contributed by atoms with van der Waals surface area (Å²) in [5.74, 6) is 0.229. The minimum atomic E-state index is -3.89. The Balaban J connectivity index is 2.59. The van der Waals surface area contributed by atoms with E-state index in [2.05, 4.69) is 0 Å². The number of benzene rings is 2. The summed E-state index contributed by atoms with van der Waals surface area (Å²) in [7, 11) is 0.315. The predicted octanol–water partition coefficient (Wildman–Crippen LogP) is 3.01. The summed E-state index contributed by atoms with van der Waals surface area (Å²) >= 11 is 0. The molecule has 0 radical (unpaired) electrons. The smallest absolute Gasteiger partial charge is 0.338 e. The third kappa shape index (κ3) is 3.85. The fourth-order valence-corrected chi connectivity index (χ4v) is 4.35. The van der Waals surface area contributed by atoms with Crippen molar-refractivity contribution in [2.75, 3.05) is 32.2 Å². The predicted molar refractivity (Wildman–Crippen MR) is 102 cm³/mol. The molecule has 0 atom stereocenters. The second kappa shape index (κ2) is 8.30. The first-order chi connectivity index (χ1) is 12.8. The van der Waals surface area contributed by atoms with Gasteiger partial charge in [0.2, 0.25) is 0 Å². The molecule has 0 spiro atoms. The van der Waals surface area contributed by atoms with E-state index in [0.717, 1.165) is 0 Å². The van der Waals surface area contributed by atoms with Crippen molar-refractivity contribution in [2.45, 2.75) is 18.7 Å². The monoisotopic (exact) mass is 393 g/mol. The van der Waals surface area contributed by atoms with Gasteiger partial charge in [-0.1, -0.05) is 6.07 Å². The summed E-state index contributed by atoms with van der Waals surface area (Å²) in [5.41, 5.74) is 1.25. The van der Waals surface area contributed by atoms with Gasteiger partial charge in [-0.3, -0.25) is 4.31 Å². The molecule has 0 unspecified atom stereocenters. The number of sulfonamides is 1. The van der Waals surface area contributed by atoms with Gasteiger partial charge < -0.3 is 14.2 Å². The van der Waals surface area contributed by atoms with Crippen molar-refractivity contribution in [2.24, 2.45) is 0 Å². The van der Waals surface area contributed by atoms with Crippen molar-refractivity contribution < 1.29 is 27.4 Å². The lowest BCUT2D eigenvalue weighted by atomic mass is 10.1. The Morgan fingerprint density at radius 2 is 1.70 bits per heavy atom. The van der Waals surface area contributed by atoms with Crippen LogP contribution < -0.4 is 13.8 Å². The molecule has 0 N–H and O–H groups in total. The third-order valence-corrected chi connectivity index (χ3v) is 6.09. The molecule has 0 amide bonds. The number of rotatable bonds is 7. The molecule has 0 heterocycles. The van der Waals surface area contributed by atoms with Crippen LogP contribution in [0.15, 0.2) is 41.3 Å². The van der Waals surface area contributed by atoms with Gasteiger partial charge in [-0.15, -0.1) is 0 Å². The Labute approximate surface area is 159 Å². The lowest BCUT2D eigenvalue weighted by molar-refractivity contribution is 0.0600. The van der Waals surface area contributed by atoms with Crippen molar-refractivity contribution in [3.05, 3.63) is 47.5 Å². The summed E-state index contributed by atoms with van der Waals surface area (Å²) in [4.78, 5) is 12.0. The second-order valence-corrected chi connectivity index (χ2v) is 7.49. The molecule has 8 heteroatoms. The Morgan fingerprint density at radius 3 is 2.26 bits per heavy atom. The van der Waals surface area contributed by atoms with E-state index < -0.39 is 16.0 Å². The van der Waals surface area contributed by atoms with Crippen LogP contribution >= 0.6 is 0 Å². The number of carbonyl (C=O) groups is 1. The first-order valence-corrected chi connectivity index (χ1v) is 9.68. The molecule has 0 aromatic heterocycles. The maximum Gasteiger partial charge on any atom is 0.338 e. The number of hydrogen-bond donors (Lipinski definition) is 0. The average Bonchev–Trinajstić information content (AvgIpc) is 2.68. The van der Waals surface area contributed by atoms with E-state index in [4.69, 9.17) is 14.2 Å². The summed E-state index contributed by atoms with van der Waals surface area (Å²) in [6.45, 7) is 3.60. The zero-order valence-electron chi connectivity index (χ0n) is 16.0. The van der Waals surface area contributed by atoms with Gasteiger partial charge >= 0.3 is 5.97 Å². The zero-order valence-corrected chi connectivity index (χ0v) is 16.8. The Hall–Kier alpha value is -2.74. The van der Waals surface area contributed by atoms with Crippen LogP contribution in [0.5, 0.6) is 11.5 Å². The van der Waals surface area contributed by atoms with Crippen molar-refractivity contribution in [3.8, 4) is 11.5 Å². The average molecular weight is 393 g/mol. The van der Waals surface area contributed by atoms with Crippen molar-refractivity contribution in [3.63, 3.8) is 0 Å². The number of methoxy groups -OCH3 is 3. The van der Waals surface area contributed by atoms with E-state index >= 15 is 0 Å². The van der Waals surface area contributed by atoms with Gasteiger partial charge in [-0.05, 0) is 43.7 Å². The number of esters is 1. The molecule has 0 aliphatic rings. The topological polar surface area (TPSA) is 82.1 Å². The van der Waals surface area contributed by atoms with E-state index in [1.54, 1.807) is 32.0 Å². The Kier molecular flexibility index (Phi) is 6.32. The maximum atomic E-state index is 13.2. The van der Waals surface area contributed by atoms with Gasteiger partial charge in [0.1, 0.15) is 0 Å². The largest absolute Gasteiger partial charge is 0.493 e. The second-order valence-electron chi connectivity index (χ2n) is 5.63. The molecular formula is C19H23NO6S. The van der Waals surface area contributed by atoms with Crippen molar-refractivity contribution in [1.82, 2.24) is 0 Å². The maximum absolute atomic E-state index is 13.2. The van der Waals surface area contributed by atoms with Gasteiger partial charge in [0, 0.05) is 12.6 Å². The van der Waals surface area contributed by atoms with E-state index in [1.165, 1.54) is 43.8 Å². The molecule has 146 valence electrons. The lowest BCUT2D eigenvalue weighted by Crippen LogP contribution is -2.31. The number of ether oxygens (including phenoxy) is 3. The normalized spacial score (nSPS) is 11.0. The Bertz CT molecular complexity index is 939. The zero-order chi connectivity index (χ0) is 20.2. The van der Waals surface area contributed by atoms with Crippen molar-refractivity contribution in [1.29, 1.82) is 0 Å². The van der Waals surface area contributed by atoms with E-state index in [-0.39, 0.29) is 11.4 Å². The standard InChI is InChI=1S/C19H23NO6S/c1-6-20(16-9-7-8-15(13(16)2)19(21)26-5)27(22,23)14-10-11-17(24-3)18(12-14)25-4/h7-12H,6H2,1-5H3. The molecule has 2 aromatic carbocycles. The molecule has 27 heavy (non-hydrogen) atoms. The quantitative estimate of drug-likeness (QED) is 0.673. The van der Waals surface area contributed by atoms with Crippen molar-refractivity contribution >= 4 is 21.7 Å². The van der Waals surface area contributed by atoms with Crippen LogP contribution in [-0.2, 0) is 14.8 Å². The number of hydrogen-bond acceptors (Lipinski definition) is 6. The highest BCUT2D eigenvalue weighted by molar-refractivity contribution is 7.92. The summed E-state index contributed by atoms with van der Waals surface area (Å²) in [6, 6.07) is 9.29. The van der Waals surface area contributed by atoms with Gasteiger partial charge in [0.15, 0.2) is 11.5 Å². The van der Waals surface area contributed by atoms with Gasteiger partial charge in [-0.25, -0.2) is 13.2 Å². The molecule has 0 fully saturated rings. The number of carbonyl (C=O) groups excluding carboxylic acids is 1. The summed E-state index contributed by atoms with van der Waals surface area (Å²) in [5, 5.41) is 0. The van der Waals surface area contributed by atoms with Crippen LogP contribution in [0, 0.1) is 6.92 Å². The third-order valence-electron chi connectivity index (χ3n) is 4.21. The van der Waals surface area contributed by atoms with E-state index in [9.17, 15) is 13.2 Å². The highest BCUT2D eigenvalue weighted by atomic mass is 32.2. The van der Waals surface area contributed by atoms with Gasteiger partial charge in [-0.2, -0.15) is 0 Å². The highest BCUT2D eigenvalue weighted by Crippen LogP contribution is 2.33. The van der Waals surface area contributed by atoms with Crippen LogP contribution in [0.4, 0.5) is 5.69 Å². The fraction of sp³-hybridized carbons (Fsp3) is 0.316. The molecular weight excluding hydrogens is 370 g/mol. The molecule has 2 aromatic rings. The number of nitrogens with zero attached hydrogens (tertiary/aromatic N) is 1. The molecule has 0 bridgehead atoms. The Morgan fingerprint density at radius 1 is 1.04 bits per heavy atom. The first-order valence-electron chi connectivity index (χ1n) is 8.24. The van der Waals surface area contributed by atoms with Crippen LogP contribution in [0.2, 0.25) is 0 Å². The molecule has 0 saturated carbocycles.